The van der Waals surface area contributed by atoms with Gasteiger partial charge in [0.15, 0.2) is 5.82 Å². The van der Waals surface area contributed by atoms with Crippen molar-refractivity contribution in [1.29, 1.82) is 0 Å². The first-order valence-corrected chi connectivity index (χ1v) is 8.36. The molecule has 2 N–H and O–H groups in total. The molecule has 0 saturated carbocycles. The molecule has 2 aromatic rings. The first kappa shape index (κ1) is 15.8. The normalized spacial score (nSPS) is 15.6. The van der Waals surface area contributed by atoms with Gasteiger partial charge in [0.05, 0.1) is 6.20 Å². The third kappa shape index (κ3) is 3.82. The van der Waals surface area contributed by atoms with Crippen LogP contribution < -0.4 is 10.6 Å². The molecule has 0 aromatic carbocycles. The van der Waals surface area contributed by atoms with Gasteiger partial charge < -0.3 is 10.6 Å². The van der Waals surface area contributed by atoms with E-state index >= 15 is 0 Å². The van der Waals surface area contributed by atoms with Gasteiger partial charge in [-0.25, -0.2) is 15.0 Å². The van der Waals surface area contributed by atoms with Crippen LogP contribution in [0, 0.1) is 12.8 Å². The highest BCUT2D eigenvalue weighted by Crippen LogP contribution is 2.22. The van der Waals surface area contributed by atoms with Crippen LogP contribution in [0.5, 0.6) is 0 Å². The highest BCUT2D eigenvalue weighted by atomic mass is 15.1. The van der Waals surface area contributed by atoms with Crippen molar-refractivity contribution in [3.05, 3.63) is 29.8 Å². The number of aryl methyl sites for hydroxylation is 1. The van der Waals surface area contributed by atoms with Crippen molar-refractivity contribution in [2.75, 3.05) is 25.0 Å². The summed E-state index contributed by atoms with van der Waals surface area (Å²) in [6.07, 6.45) is 8.39. The second-order valence-electron chi connectivity index (χ2n) is 5.98. The van der Waals surface area contributed by atoms with Crippen LogP contribution in [0.1, 0.15) is 31.0 Å². The zero-order valence-corrected chi connectivity index (χ0v) is 13.8. The van der Waals surface area contributed by atoms with Crippen molar-refractivity contribution in [2.45, 2.75) is 33.1 Å². The van der Waals surface area contributed by atoms with E-state index in [0.29, 0.717) is 17.4 Å². The Balaban J connectivity index is 1.83. The standard InChI is InChI=1S/C17H24N6/c1-3-14-12(2)22-17(15-11-19-8-9-20-15)23-16(14)21-10-13-4-6-18-7-5-13/h8-9,11,13,18H,3-7,10H2,1-2H3,(H,21,22,23). The Hall–Kier alpha value is -2.08. The zero-order valence-electron chi connectivity index (χ0n) is 13.8. The van der Waals surface area contributed by atoms with Gasteiger partial charge in [0.25, 0.3) is 0 Å². The van der Waals surface area contributed by atoms with Gasteiger partial charge in [0.1, 0.15) is 11.5 Å². The number of nitrogens with zero attached hydrogens (tertiary/aromatic N) is 4. The Kier molecular flexibility index (Phi) is 5.12. The lowest BCUT2D eigenvalue weighted by atomic mass is 9.98. The summed E-state index contributed by atoms with van der Waals surface area (Å²) in [7, 11) is 0. The maximum atomic E-state index is 4.72. The summed E-state index contributed by atoms with van der Waals surface area (Å²) < 4.78 is 0. The number of nitrogens with one attached hydrogen (secondary N) is 2. The largest absolute Gasteiger partial charge is 0.369 e. The van der Waals surface area contributed by atoms with Gasteiger partial charge in [-0.05, 0) is 45.2 Å². The van der Waals surface area contributed by atoms with Crippen LogP contribution in [0.15, 0.2) is 18.6 Å². The molecule has 0 atom stereocenters. The number of hydrogen-bond acceptors (Lipinski definition) is 6. The van der Waals surface area contributed by atoms with Gasteiger partial charge in [0.2, 0.25) is 0 Å². The lowest BCUT2D eigenvalue weighted by Gasteiger charge is -2.23. The molecule has 0 radical (unpaired) electrons. The predicted octanol–water partition coefficient (Wildman–Crippen LogP) is 2.22. The quantitative estimate of drug-likeness (QED) is 0.881. The van der Waals surface area contributed by atoms with Crippen LogP contribution >= 0.6 is 0 Å². The number of aromatic nitrogens is 4. The van der Waals surface area contributed by atoms with Crippen LogP contribution in [-0.2, 0) is 6.42 Å². The van der Waals surface area contributed by atoms with Crippen molar-refractivity contribution in [2.24, 2.45) is 5.92 Å². The fourth-order valence-electron chi connectivity index (χ4n) is 3.02. The van der Waals surface area contributed by atoms with Gasteiger partial charge in [-0.15, -0.1) is 0 Å². The molecule has 3 rings (SSSR count). The lowest BCUT2D eigenvalue weighted by Crippen LogP contribution is -2.31. The highest BCUT2D eigenvalue weighted by molar-refractivity contribution is 5.55. The van der Waals surface area contributed by atoms with Crippen molar-refractivity contribution in [1.82, 2.24) is 25.3 Å². The third-order valence-corrected chi connectivity index (χ3v) is 4.38. The number of hydrogen-bond donors (Lipinski definition) is 2. The summed E-state index contributed by atoms with van der Waals surface area (Å²) in [5.41, 5.74) is 2.91. The average Bonchev–Trinajstić information content (AvgIpc) is 2.61. The molecule has 1 fully saturated rings. The van der Waals surface area contributed by atoms with E-state index in [4.69, 9.17) is 4.98 Å². The van der Waals surface area contributed by atoms with E-state index in [-0.39, 0.29) is 0 Å². The molecule has 1 saturated heterocycles. The zero-order chi connectivity index (χ0) is 16.1. The minimum Gasteiger partial charge on any atom is -0.369 e. The maximum absolute atomic E-state index is 4.72. The second-order valence-corrected chi connectivity index (χ2v) is 5.98. The first-order chi connectivity index (χ1) is 11.3. The fraction of sp³-hybridized carbons (Fsp3) is 0.529. The molecule has 122 valence electrons. The SMILES string of the molecule is CCc1c(C)nc(-c2cnccn2)nc1NCC1CCNCC1. The molecule has 0 unspecified atom stereocenters. The Bertz CT molecular complexity index is 637. The van der Waals surface area contributed by atoms with E-state index in [2.05, 4.69) is 32.5 Å². The number of piperidine rings is 1. The minimum atomic E-state index is 0.639. The molecule has 1 aliphatic rings. The lowest BCUT2D eigenvalue weighted by molar-refractivity contribution is 0.389. The van der Waals surface area contributed by atoms with Crippen LogP contribution in [0.25, 0.3) is 11.5 Å². The Labute approximate surface area is 137 Å². The van der Waals surface area contributed by atoms with Gasteiger partial charge in [-0.2, -0.15) is 0 Å². The molecule has 3 heterocycles. The third-order valence-electron chi connectivity index (χ3n) is 4.38. The molecular weight excluding hydrogens is 288 g/mol. The summed E-state index contributed by atoms with van der Waals surface area (Å²) in [5, 5.41) is 6.96. The van der Waals surface area contributed by atoms with Gasteiger partial charge in [-0.3, -0.25) is 4.98 Å². The minimum absolute atomic E-state index is 0.639. The molecule has 1 aliphatic heterocycles. The van der Waals surface area contributed by atoms with Crippen LogP contribution in [-0.4, -0.2) is 39.6 Å². The average molecular weight is 312 g/mol. The molecule has 0 amide bonds. The molecule has 0 spiro atoms. The highest BCUT2D eigenvalue weighted by Gasteiger charge is 2.16. The Morgan fingerprint density at radius 3 is 2.74 bits per heavy atom. The van der Waals surface area contributed by atoms with E-state index in [1.807, 2.05) is 6.92 Å². The molecule has 0 bridgehead atoms. The Morgan fingerprint density at radius 1 is 1.22 bits per heavy atom. The second kappa shape index (κ2) is 7.46. The monoisotopic (exact) mass is 312 g/mol. The van der Waals surface area contributed by atoms with Crippen molar-refractivity contribution in [3.8, 4) is 11.5 Å². The Morgan fingerprint density at radius 2 is 2.04 bits per heavy atom. The maximum Gasteiger partial charge on any atom is 0.182 e. The number of rotatable bonds is 5. The van der Waals surface area contributed by atoms with Gasteiger partial charge in [0, 0.05) is 30.2 Å². The van der Waals surface area contributed by atoms with Gasteiger partial charge in [-0.1, -0.05) is 6.92 Å². The number of anilines is 1. The molecule has 6 heteroatoms. The van der Waals surface area contributed by atoms with Crippen LogP contribution in [0.3, 0.4) is 0 Å². The summed E-state index contributed by atoms with van der Waals surface area (Å²) in [6, 6.07) is 0. The molecule has 23 heavy (non-hydrogen) atoms. The van der Waals surface area contributed by atoms with Gasteiger partial charge >= 0.3 is 0 Å². The smallest absolute Gasteiger partial charge is 0.182 e. The summed E-state index contributed by atoms with van der Waals surface area (Å²) in [5.74, 6) is 2.29. The summed E-state index contributed by atoms with van der Waals surface area (Å²) in [6.45, 7) is 7.37. The first-order valence-electron chi connectivity index (χ1n) is 8.36. The molecule has 6 nitrogen and oxygen atoms in total. The molecular formula is C17H24N6. The van der Waals surface area contributed by atoms with E-state index in [9.17, 15) is 0 Å². The van der Waals surface area contributed by atoms with E-state index in [1.165, 1.54) is 18.4 Å². The van der Waals surface area contributed by atoms with Crippen LogP contribution in [0.4, 0.5) is 5.82 Å². The van der Waals surface area contributed by atoms with Crippen molar-refractivity contribution in [3.63, 3.8) is 0 Å². The van der Waals surface area contributed by atoms with Crippen LogP contribution in [0.2, 0.25) is 0 Å². The van der Waals surface area contributed by atoms with E-state index < -0.39 is 0 Å². The van der Waals surface area contributed by atoms with Crippen molar-refractivity contribution < 1.29 is 0 Å². The van der Waals surface area contributed by atoms with E-state index in [1.54, 1.807) is 18.6 Å². The topological polar surface area (TPSA) is 75.6 Å². The molecule has 0 aliphatic carbocycles. The fourth-order valence-corrected chi connectivity index (χ4v) is 3.02. The summed E-state index contributed by atoms with van der Waals surface area (Å²) in [4.78, 5) is 17.8. The molecule has 2 aromatic heterocycles. The van der Waals surface area contributed by atoms with Crippen molar-refractivity contribution >= 4 is 5.82 Å². The van der Waals surface area contributed by atoms with E-state index in [0.717, 1.165) is 37.6 Å². The predicted molar refractivity (Wildman–Crippen MR) is 91.3 cm³/mol. The summed E-state index contributed by atoms with van der Waals surface area (Å²) >= 11 is 0.